The molecule has 0 aliphatic heterocycles. The highest BCUT2D eigenvalue weighted by atomic mass is 32.1. The van der Waals surface area contributed by atoms with Gasteiger partial charge in [-0.3, -0.25) is 4.79 Å². The molecular formula is C6H7F3N2OS. The average Bonchev–Trinajstić information content (AvgIpc) is 2.33. The van der Waals surface area contributed by atoms with Crippen LogP contribution in [-0.2, 0) is 6.54 Å². The molecule has 0 aliphatic rings. The molecule has 7 heteroatoms. The number of thiazole rings is 1. The van der Waals surface area contributed by atoms with Crippen LogP contribution in [0.4, 0.5) is 13.2 Å². The molecule has 0 spiro atoms. The van der Waals surface area contributed by atoms with Crippen LogP contribution in [-0.4, -0.2) is 17.7 Å². The Morgan fingerprint density at radius 2 is 2.23 bits per heavy atom. The van der Waals surface area contributed by atoms with Gasteiger partial charge in [0.15, 0.2) is 0 Å². The third kappa shape index (κ3) is 4.09. The predicted octanol–water partition coefficient (Wildman–Crippen LogP) is 1.09. The van der Waals surface area contributed by atoms with Crippen LogP contribution in [0.25, 0.3) is 0 Å². The molecule has 1 rings (SSSR count). The third-order valence-electron chi connectivity index (χ3n) is 1.21. The molecule has 0 saturated carbocycles. The van der Waals surface area contributed by atoms with Crippen molar-refractivity contribution in [3.8, 4) is 0 Å². The molecule has 13 heavy (non-hydrogen) atoms. The maximum atomic E-state index is 11.6. The maximum absolute atomic E-state index is 11.6. The molecule has 0 aromatic carbocycles. The monoisotopic (exact) mass is 212 g/mol. The minimum Gasteiger partial charge on any atom is -0.315 e. The molecule has 0 fully saturated rings. The van der Waals surface area contributed by atoms with Crippen LogP contribution in [0.2, 0.25) is 0 Å². The molecule has 0 amide bonds. The van der Waals surface area contributed by atoms with Gasteiger partial charge in [0.05, 0.1) is 6.54 Å². The fraction of sp³-hybridized carbons (Fsp3) is 0.500. The van der Waals surface area contributed by atoms with E-state index in [1.54, 1.807) is 0 Å². The third-order valence-corrected chi connectivity index (χ3v) is 1.93. The summed E-state index contributed by atoms with van der Waals surface area (Å²) in [6.45, 7) is -1.02. The Bertz CT molecular complexity index is 316. The lowest BCUT2D eigenvalue weighted by Gasteiger charge is -2.06. The van der Waals surface area contributed by atoms with Crippen molar-refractivity contribution in [2.75, 3.05) is 6.54 Å². The zero-order chi connectivity index (χ0) is 9.90. The smallest absolute Gasteiger partial charge is 0.315 e. The summed E-state index contributed by atoms with van der Waals surface area (Å²) >= 11 is 0.930. The fourth-order valence-electron chi connectivity index (χ4n) is 0.739. The van der Waals surface area contributed by atoms with Crippen molar-refractivity contribution in [2.45, 2.75) is 12.7 Å². The predicted molar refractivity (Wildman–Crippen MR) is 42.7 cm³/mol. The molecule has 0 atom stereocenters. The van der Waals surface area contributed by atoms with Crippen LogP contribution in [0.3, 0.4) is 0 Å². The van der Waals surface area contributed by atoms with Crippen LogP contribution in [0.1, 0.15) is 5.69 Å². The molecule has 0 saturated heterocycles. The van der Waals surface area contributed by atoms with Crippen molar-refractivity contribution >= 4 is 11.3 Å². The van der Waals surface area contributed by atoms with Crippen molar-refractivity contribution in [1.29, 1.82) is 0 Å². The SMILES string of the molecule is O=c1[nH]c(CNCC(F)(F)F)cs1. The van der Waals surface area contributed by atoms with Crippen molar-refractivity contribution in [3.63, 3.8) is 0 Å². The second kappa shape index (κ2) is 3.93. The molecule has 3 nitrogen and oxygen atoms in total. The molecule has 1 aromatic rings. The summed E-state index contributed by atoms with van der Waals surface area (Å²) in [5, 5.41) is 3.66. The molecule has 1 aromatic heterocycles. The summed E-state index contributed by atoms with van der Waals surface area (Å²) in [5.41, 5.74) is 0.472. The van der Waals surface area contributed by atoms with Crippen molar-refractivity contribution in [3.05, 3.63) is 20.7 Å². The van der Waals surface area contributed by atoms with E-state index in [1.165, 1.54) is 5.38 Å². The van der Waals surface area contributed by atoms with Crippen molar-refractivity contribution in [2.24, 2.45) is 0 Å². The van der Waals surface area contributed by atoms with E-state index in [4.69, 9.17) is 0 Å². The molecular weight excluding hydrogens is 205 g/mol. The van der Waals surface area contributed by atoms with Gasteiger partial charge in [-0.2, -0.15) is 13.2 Å². The quantitative estimate of drug-likeness (QED) is 0.787. The number of aromatic amines is 1. The molecule has 0 aliphatic carbocycles. The first-order valence-electron chi connectivity index (χ1n) is 3.41. The van der Waals surface area contributed by atoms with E-state index >= 15 is 0 Å². The number of hydrogen-bond donors (Lipinski definition) is 2. The zero-order valence-corrected chi connectivity index (χ0v) is 7.26. The van der Waals surface area contributed by atoms with Crippen LogP contribution in [0.5, 0.6) is 0 Å². The van der Waals surface area contributed by atoms with Gasteiger partial charge in [0, 0.05) is 17.6 Å². The average molecular weight is 212 g/mol. The van der Waals surface area contributed by atoms with Gasteiger partial charge in [0.2, 0.25) is 0 Å². The van der Waals surface area contributed by atoms with Gasteiger partial charge in [-0.15, -0.1) is 0 Å². The zero-order valence-electron chi connectivity index (χ0n) is 6.44. The number of H-pyrrole nitrogens is 1. The standard InChI is InChI=1S/C6H7F3N2OS/c7-6(8,9)3-10-1-4-2-13-5(12)11-4/h2,10H,1,3H2,(H,11,12). The minimum atomic E-state index is -4.21. The van der Waals surface area contributed by atoms with E-state index in [0.717, 1.165) is 11.3 Å². The number of hydrogen-bond acceptors (Lipinski definition) is 3. The van der Waals surface area contributed by atoms with E-state index in [1.807, 2.05) is 0 Å². The summed E-state index contributed by atoms with van der Waals surface area (Å²) in [4.78, 5) is 12.7. The number of halogens is 3. The van der Waals surface area contributed by atoms with E-state index < -0.39 is 12.7 Å². The minimum absolute atomic E-state index is 0.0260. The Morgan fingerprint density at radius 1 is 1.54 bits per heavy atom. The molecule has 74 valence electrons. The summed E-state index contributed by atoms with van der Waals surface area (Å²) in [5.74, 6) is 0. The van der Waals surface area contributed by atoms with E-state index in [0.29, 0.717) is 5.69 Å². The first-order chi connectivity index (χ1) is 5.97. The molecule has 0 radical (unpaired) electrons. The summed E-state index contributed by atoms with van der Waals surface area (Å²) in [6, 6.07) is 0. The van der Waals surface area contributed by atoms with Crippen molar-refractivity contribution in [1.82, 2.24) is 10.3 Å². The van der Waals surface area contributed by atoms with Gasteiger partial charge in [0.1, 0.15) is 0 Å². The molecule has 1 heterocycles. The van der Waals surface area contributed by atoms with Crippen LogP contribution in [0, 0.1) is 0 Å². The van der Waals surface area contributed by atoms with Gasteiger partial charge >= 0.3 is 11.0 Å². The second-order valence-corrected chi connectivity index (χ2v) is 3.23. The Morgan fingerprint density at radius 3 is 2.69 bits per heavy atom. The molecule has 0 bridgehead atoms. The highest BCUT2D eigenvalue weighted by molar-refractivity contribution is 7.07. The molecule has 2 N–H and O–H groups in total. The van der Waals surface area contributed by atoms with E-state index in [2.05, 4.69) is 10.3 Å². The van der Waals surface area contributed by atoms with Crippen LogP contribution < -0.4 is 10.2 Å². The number of alkyl halides is 3. The maximum Gasteiger partial charge on any atom is 0.401 e. The highest BCUT2D eigenvalue weighted by Gasteiger charge is 2.26. The normalized spacial score (nSPS) is 11.9. The van der Waals surface area contributed by atoms with Gasteiger partial charge in [-0.1, -0.05) is 11.3 Å². The Kier molecular flexibility index (Phi) is 3.10. The van der Waals surface area contributed by atoms with Crippen LogP contribution in [0.15, 0.2) is 10.2 Å². The van der Waals surface area contributed by atoms with Crippen molar-refractivity contribution < 1.29 is 13.2 Å². The van der Waals surface area contributed by atoms with Gasteiger partial charge in [-0.25, -0.2) is 0 Å². The fourth-order valence-corrected chi connectivity index (χ4v) is 1.32. The number of nitrogens with one attached hydrogen (secondary N) is 2. The second-order valence-electron chi connectivity index (χ2n) is 2.39. The summed E-state index contributed by atoms with van der Waals surface area (Å²) in [7, 11) is 0. The van der Waals surface area contributed by atoms with Gasteiger partial charge < -0.3 is 10.3 Å². The van der Waals surface area contributed by atoms with Gasteiger partial charge in [0.25, 0.3) is 0 Å². The largest absolute Gasteiger partial charge is 0.401 e. The van der Waals surface area contributed by atoms with E-state index in [-0.39, 0.29) is 11.4 Å². The first-order valence-corrected chi connectivity index (χ1v) is 4.29. The Hall–Kier alpha value is -0.820. The lowest BCUT2D eigenvalue weighted by molar-refractivity contribution is -0.125. The first kappa shape index (κ1) is 10.3. The number of rotatable bonds is 3. The highest BCUT2D eigenvalue weighted by Crippen LogP contribution is 2.12. The molecule has 0 unspecified atom stereocenters. The topological polar surface area (TPSA) is 44.9 Å². The summed E-state index contributed by atoms with van der Waals surface area (Å²) in [6.07, 6.45) is -4.21. The lowest BCUT2D eigenvalue weighted by atomic mass is 10.5. The van der Waals surface area contributed by atoms with Crippen LogP contribution >= 0.6 is 11.3 Å². The van der Waals surface area contributed by atoms with E-state index in [9.17, 15) is 18.0 Å². The Balaban J connectivity index is 2.32. The van der Waals surface area contributed by atoms with Gasteiger partial charge in [-0.05, 0) is 0 Å². The lowest BCUT2D eigenvalue weighted by Crippen LogP contribution is -2.28. The Labute approximate surface area is 75.6 Å². The summed E-state index contributed by atoms with van der Waals surface area (Å²) < 4.78 is 34.9. The number of aromatic nitrogens is 1.